The number of nitrogens with zero attached hydrogens (tertiary/aromatic N) is 1. The van der Waals surface area contributed by atoms with E-state index in [1.54, 1.807) is 11.3 Å². The lowest BCUT2D eigenvalue weighted by atomic mass is 10.2. The quantitative estimate of drug-likeness (QED) is 0.703. The summed E-state index contributed by atoms with van der Waals surface area (Å²) < 4.78 is 5.87. The zero-order chi connectivity index (χ0) is 14.5. The topological polar surface area (TPSA) is 34.1 Å². The molecule has 1 aromatic carbocycles. The van der Waals surface area contributed by atoms with Crippen molar-refractivity contribution in [3.05, 3.63) is 58.4 Å². The number of benzene rings is 1. The lowest BCUT2D eigenvalue weighted by Gasteiger charge is -2.09. The molecule has 2 heterocycles. The van der Waals surface area contributed by atoms with Crippen LogP contribution in [0.1, 0.15) is 10.6 Å². The average Bonchev–Trinajstić information content (AvgIpc) is 3.00. The number of hydrogen-bond donors (Lipinski definition) is 1. The van der Waals surface area contributed by atoms with Gasteiger partial charge in [0.15, 0.2) is 0 Å². The standard InChI is InChI=1S/C17H18N2OS/c1-13-7-8-14-4-2-6-16(17(14)19-13)20-10-9-18-12-15-5-3-11-21-15/h2-8,11,18H,9-10,12H2,1H3. The number of thiophene rings is 1. The SMILES string of the molecule is Cc1ccc2cccc(OCCNCc3cccs3)c2n1. The van der Waals surface area contributed by atoms with E-state index in [2.05, 4.69) is 39.9 Å². The Morgan fingerprint density at radius 1 is 1.14 bits per heavy atom. The minimum atomic E-state index is 0.639. The summed E-state index contributed by atoms with van der Waals surface area (Å²) in [6.07, 6.45) is 0. The van der Waals surface area contributed by atoms with Crippen LogP contribution in [0.5, 0.6) is 5.75 Å². The van der Waals surface area contributed by atoms with Crippen LogP contribution in [0.3, 0.4) is 0 Å². The minimum Gasteiger partial charge on any atom is -0.490 e. The number of aryl methyl sites for hydroxylation is 1. The molecular formula is C17H18N2OS. The van der Waals surface area contributed by atoms with Crippen molar-refractivity contribution in [1.82, 2.24) is 10.3 Å². The third-order valence-corrected chi connectivity index (χ3v) is 4.11. The Hall–Kier alpha value is -1.91. The fraction of sp³-hybridized carbons (Fsp3) is 0.235. The summed E-state index contributed by atoms with van der Waals surface area (Å²) in [6, 6.07) is 14.4. The summed E-state index contributed by atoms with van der Waals surface area (Å²) in [6.45, 7) is 4.35. The Labute approximate surface area is 128 Å². The highest BCUT2D eigenvalue weighted by Gasteiger charge is 2.03. The van der Waals surface area contributed by atoms with E-state index in [1.165, 1.54) is 4.88 Å². The van der Waals surface area contributed by atoms with Gasteiger partial charge < -0.3 is 10.1 Å². The molecule has 3 aromatic rings. The number of pyridine rings is 1. The third-order valence-electron chi connectivity index (χ3n) is 3.24. The van der Waals surface area contributed by atoms with E-state index in [0.29, 0.717) is 6.61 Å². The van der Waals surface area contributed by atoms with Crippen molar-refractivity contribution in [2.75, 3.05) is 13.2 Å². The van der Waals surface area contributed by atoms with Crippen LogP contribution in [0, 0.1) is 6.92 Å². The number of para-hydroxylation sites is 1. The second kappa shape index (κ2) is 6.70. The van der Waals surface area contributed by atoms with Crippen LogP contribution in [-0.4, -0.2) is 18.1 Å². The van der Waals surface area contributed by atoms with E-state index in [4.69, 9.17) is 4.74 Å². The van der Waals surface area contributed by atoms with Crippen LogP contribution in [0.15, 0.2) is 47.8 Å². The van der Waals surface area contributed by atoms with Crippen molar-refractivity contribution in [1.29, 1.82) is 0 Å². The van der Waals surface area contributed by atoms with Gasteiger partial charge in [0, 0.05) is 29.0 Å². The first-order valence-corrected chi connectivity index (χ1v) is 7.93. The highest BCUT2D eigenvalue weighted by Crippen LogP contribution is 2.23. The molecule has 3 rings (SSSR count). The monoisotopic (exact) mass is 298 g/mol. The molecule has 4 heteroatoms. The molecule has 0 bridgehead atoms. The molecule has 0 aliphatic carbocycles. The molecule has 0 saturated carbocycles. The van der Waals surface area contributed by atoms with Gasteiger partial charge in [0.1, 0.15) is 17.9 Å². The first-order valence-electron chi connectivity index (χ1n) is 7.05. The zero-order valence-corrected chi connectivity index (χ0v) is 12.8. The van der Waals surface area contributed by atoms with Crippen LogP contribution < -0.4 is 10.1 Å². The smallest absolute Gasteiger partial charge is 0.145 e. The number of fused-ring (bicyclic) bond motifs is 1. The van der Waals surface area contributed by atoms with E-state index in [1.807, 2.05) is 25.1 Å². The first kappa shape index (κ1) is 14.0. The molecule has 0 radical (unpaired) electrons. The number of aromatic nitrogens is 1. The normalized spacial score (nSPS) is 10.9. The molecule has 0 atom stereocenters. The molecule has 108 valence electrons. The Morgan fingerprint density at radius 2 is 2.10 bits per heavy atom. The average molecular weight is 298 g/mol. The Balaban J connectivity index is 1.56. The summed E-state index contributed by atoms with van der Waals surface area (Å²) in [4.78, 5) is 5.92. The molecule has 3 nitrogen and oxygen atoms in total. The van der Waals surface area contributed by atoms with Gasteiger partial charge in [0.25, 0.3) is 0 Å². The fourth-order valence-electron chi connectivity index (χ4n) is 2.19. The van der Waals surface area contributed by atoms with Gasteiger partial charge in [-0.05, 0) is 30.5 Å². The lowest BCUT2D eigenvalue weighted by Crippen LogP contribution is -2.20. The van der Waals surface area contributed by atoms with Crippen molar-refractivity contribution in [3.8, 4) is 5.75 Å². The lowest BCUT2D eigenvalue weighted by molar-refractivity contribution is 0.317. The van der Waals surface area contributed by atoms with E-state index >= 15 is 0 Å². The van der Waals surface area contributed by atoms with Crippen molar-refractivity contribution in [2.45, 2.75) is 13.5 Å². The van der Waals surface area contributed by atoms with E-state index in [-0.39, 0.29) is 0 Å². The van der Waals surface area contributed by atoms with Crippen LogP contribution in [0.4, 0.5) is 0 Å². The predicted molar refractivity (Wildman–Crippen MR) is 88.0 cm³/mol. The van der Waals surface area contributed by atoms with Crippen LogP contribution in [0.25, 0.3) is 10.9 Å². The van der Waals surface area contributed by atoms with Gasteiger partial charge in [0.05, 0.1) is 0 Å². The Kier molecular flexibility index (Phi) is 4.48. The van der Waals surface area contributed by atoms with Gasteiger partial charge in [-0.25, -0.2) is 4.98 Å². The summed E-state index contributed by atoms with van der Waals surface area (Å²) in [5.74, 6) is 0.856. The summed E-state index contributed by atoms with van der Waals surface area (Å²) >= 11 is 1.77. The van der Waals surface area contributed by atoms with Gasteiger partial charge in [-0.15, -0.1) is 11.3 Å². The van der Waals surface area contributed by atoms with Crippen LogP contribution in [-0.2, 0) is 6.54 Å². The maximum absolute atomic E-state index is 5.87. The molecule has 0 spiro atoms. The van der Waals surface area contributed by atoms with Crippen LogP contribution in [0.2, 0.25) is 0 Å². The number of nitrogens with one attached hydrogen (secondary N) is 1. The predicted octanol–water partition coefficient (Wildman–Crippen LogP) is 3.77. The molecule has 2 aromatic heterocycles. The van der Waals surface area contributed by atoms with Crippen LogP contribution >= 0.6 is 11.3 Å². The molecule has 1 N–H and O–H groups in total. The van der Waals surface area contributed by atoms with E-state index in [0.717, 1.165) is 35.4 Å². The second-order valence-electron chi connectivity index (χ2n) is 4.89. The van der Waals surface area contributed by atoms with Crippen molar-refractivity contribution >= 4 is 22.2 Å². The maximum Gasteiger partial charge on any atom is 0.145 e. The molecule has 0 unspecified atom stereocenters. The molecule has 0 amide bonds. The minimum absolute atomic E-state index is 0.639. The second-order valence-corrected chi connectivity index (χ2v) is 5.92. The summed E-state index contributed by atoms with van der Waals surface area (Å²) in [7, 11) is 0. The number of hydrogen-bond acceptors (Lipinski definition) is 4. The number of rotatable bonds is 6. The Bertz CT molecular complexity index is 710. The third kappa shape index (κ3) is 3.60. The molecule has 0 fully saturated rings. The molecule has 0 saturated heterocycles. The first-order chi connectivity index (χ1) is 10.3. The van der Waals surface area contributed by atoms with E-state index in [9.17, 15) is 0 Å². The largest absolute Gasteiger partial charge is 0.490 e. The molecule has 0 aliphatic rings. The zero-order valence-electron chi connectivity index (χ0n) is 12.0. The van der Waals surface area contributed by atoms with Gasteiger partial charge in [-0.1, -0.05) is 24.3 Å². The highest BCUT2D eigenvalue weighted by atomic mass is 32.1. The van der Waals surface area contributed by atoms with Gasteiger partial charge in [-0.2, -0.15) is 0 Å². The number of ether oxygens (including phenoxy) is 1. The van der Waals surface area contributed by atoms with Crippen molar-refractivity contribution < 1.29 is 4.74 Å². The van der Waals surface area contributed by atoms with E-state index < -0.39 is 0 Å². The van der Waals surface area contributed by atoms with Gasteiger partial charge in [-0.3, -0.25) is 0 Å². The van der Waals surface area contributed by atoms with Gasteiger partial charge >= 0.3 is 0 Å². The molecule has 21 heavy (non-hydrogen) atoms. The fourth-order valence-corrected chi connectivity index (χ4v) is 2.87. The van der Waals surface area contributed by atoms with Gasteiger partial charge in [0.2, 0.25) is 0 Å². The van der Waals surface area contributed by atoms with Crippen molar-refractivity contribution in [2.24, 2.45) is 0 Å². The Morgan fingerprint density at radius 3 is 2.95 bits per heavy atom. The maximum atomic E-state index is 5.87. The molecule has 0 aliphatic heterocycles. The summed E-state index contributed by atoms with van der Waals surface area (Å²) in [5, 5.41) is 6.59. The molecular weight excluding hydrogens is 280 g/mol. The van der Waals surface area contributed by atoms with Crippen molar-refractivity contribution in [3.63, 3.8) is 0 Å². The highest BCUT2D eigenvalue weighted by molar-refractivity contribution is 7.09. The summed E-state index contributed by atoms with van der Waals surface area (Å²) in [5.41, 5.74) is 1.95.